The maximum absolute atomic E-state index is 13.1. The molecule has 5 unspecified atom stereocenters. The molecule has 2 saturated carbocycles. The number of ketones is 2. The van der Waals surface area contributed by atoms with Crippen LogP contribution in [0.15, 0.2) is 46.6 Å². The molecule has 2 fully saturated rings. The second-order valence-corrected chi connectivity index (χ2v) is 9.59. The zero-order chi connectivity index (χ0) is 17.2. The highest BCUT2D eigenvalue weighted by atomic mass is 16.1. The summed E-state index contributed by atoms with van der Waals surface area (Å²) in [4.78, 5) is 25.0. The van der Waals surface area contributed by atoms with Crippen molar-refractivity contribution in [2.45, 2.75) is 52.4 Å². The van der Waals surface area contributed by atoms with Crippen molar-refractivity contribution in [1.29, 1.82) is 0 Å². The highest BCUT2D eigenvalue weighted by Gasteiger charge is 2.67. The average Bonchev–Trinajstić information content (AvgIpc) is 3.27. The van der Waals surface area contributed by atoms with Crippen LogP contribution in [0.1, 0.15) is 52.4 Å². The summed E-state index contributed by atoms with van der Waals surface area (Å²) in [6.45, 7) is 4.65. The summed E-state index contributed by atoms with van der Waals surface area (Å²) < 4.78 is 0. The van der Waals surface area contributed by atoms with Gasteiger partial charge in [-0.25, -0.2) is 0 Å². The summed E-state index contributed by atoms with van der Waals surface area (Å²) >= 11 is 0. The minimum absolute atomic E-state index is 0.0933. The van der Waals surface area contributed by atoms with E-state index in [0.717, 1.165) is 32.1 Å². The molecular formula is C23H24O2. The van der Waals surface area contributed by atoms with E-state index in [4.69, 9.17) is 0 Å². The van der Waals surface area contributed by atoms with Gasteiger partial charge in [-0.05, 0) is 85.2 Å². The van der Waals surface area contributed by atoms with Gasteiger partial charge < -0.3 is 0 Å². The third kappa shape index (κ3) is 1.39. The largest absolute Gasteiger partial charge is 0.299 e. The molecule has 0 amide bonds. The van der Waals surface area contributed by atoms with E-state index >= 15 is 0 Å². The maximum atomic E-state index is 13.1. The van der Waals surface area contributed by atoms with Gasteiger partial charge in [0.15, 0.2) is 5.78 Å². The standard InChI is InChI=1S/C23H24O2/c1-21-7-4-17-20-15-12-14(15)18-11-13(24)3-9-22(18,2)16(20)5-10-23(17,21)19(25)6-8-21/h3-4,9,11,14-15H,5-8,10,12H2,1-2H3. The van der Waals surface area contributed by atoms with E-state index in [0.29, 0.717) is 17.6 Å². The van der Waals surface area contributed by atoms with Crippen LogP contribution in [0.5, 0.6) is 0 Å². The molecule has 6 aliphatic carbocycles. The van der Waals surface area contributed by atoms with E-state index in [1.165, 1.54) is 28.7 Å². The molecule has 2 nitrogen and oxygen atoms in total. The van der Waals surface area contributed by atoms with E-state index in [2.05, 4.69) is 26.0 Å². The number of allylic oxidation sites excluding steroid dienone is 8. The van der Waals surface area contributed by atoms with Gasteiger partial charge in [0.05, 0.1) is 5.41 Å². The van der Waals surface area contributed by atoms with Gasteiger partial charge in [-0.3, -0.25) is 9.59 Å². The predicted molar refractivity (Wildman–Crippen MR) is 95.7 cm³/mol. The van der Waals surface area contributed by atoms with E-state index < -0.39 is 0 Å². The normalized spacial score (nSPS) is 49.0. The molecule has 0 heterocycles. The number of fused-ring (bicyclic) bond motifs is 6. The van der Waals surface area contributed by atoms with E-state index in [1.54, 1.807) is 6.08 Å². The highest BCUT2D eigenvalue weighted by molar-refractivity contribution is 6.02. The lowest BCUT2D eigenvalue weighted by Crippen LogP contribution is -2.43. The van der Waals surface area contributed by atoms with Crippen LogP contribution >= 0.6 is 0 Å². The number of hydrogen-bond acceptors (Lipinski definition) is 2. The van der Waals surface area contributed by atoms with Gasteiger partial charge in [-0.2, -0.15) is 0 Å². The Labute approximate surface area is 148 Å². The molecular weight excluding hydrogens is 308 g/mol. The van der Waals surface area contributed by atoms with E-state index in [9.17, 15) is 9.59 Å². The van der Waals surface area contributed by atoms with Crippen molar-refractivity contribution < 1.29 is 9.59 Å². The topological polar surface area (TPSA) is 34.1 Å². The number of hydrogen-bond donors (Lipinski definition) is 0. The van der Waals surface area contributed by atoms with E-state index in [-0.39, 0.29) is 22.0 Å². The Balaban J connectivity index is 1.59. The monoisotopic (exact) mass is 332 g/mol. The van der Waals surface area contributed by atoms with Gasteiger partial charge in [-0.15, -0.1) is 0 Å². The predicted octanol–water partition coefficient (Wildman–Crippen LogP) is 4.48. The van der Waals surface area contributed by atoms with Crippen LogP contribution < -0.4 is 0 Å². The third-order valence-electron chi connectivity index (χ3n) is 8.66. The molecule has 0 bridgehead atoms. The second kappa shape index (κ2) is 4.00. The zero-order valence-electron chi connectivity index (χ0n) is 15.0. The smallest absolute Gasteiger partial charge is 0.178 e. The van der Waals surface area contributed by atoms with Crippen LogP contribution in [-0.4, -0.2) is 11.6 Å². The molecule has 5 atom stereocenters. The summed E-state index contributed by atoms with van der Waals surface area (Å²) in [6, 6.07) is 0. The lowest BCUT2D eigenvalue weighted by molar-refractivity contribution is -0.127. The average molecular weight is 332 g/mol. The van der Waals surface area contributed by atoms with Crippen molar-refractivity contribution >= 4 is 11.6 Å². The maximum Gasteiger partial charge on any atom is 0.178 e. The van der Waals surface area contributed by atoms with Gasteiger partial charge in [0.25, 0.3) is 0 Å². The van der Waals surface area contributed by atoms with Crippen LogP contribution in [0.2, 0.25) is 0 Å². The molecule has 0 aromatic carbocycles. The van der Waals surface area contributed by atoms with Crippen LogP contribution in [0.4, 0.5) is 0 Å². The van der Waals surface area contributed by atoms with Gasteiger partial charge >= 0.3 is 0 Å². The van der Waals surface area contributed by atoms with Gasteiger partial charge in [0.1, 0.15) is 5.78 Å². The summed E-state index contributed by atoms with van der Waals surface area (Å²) in [5.74, 6) is 1.74. The molecule has 6 aliphatic rings. The summed E-state index contributed by atoms with van der Waals surface area (Å²) in [5, 5.41) is 0. The first-order chi connectivity index (χ1) is 11.9. The quantitative estimate of drug-likeness (QED) is 0.655. The molecule has 0 N–H and O–H groups in total. The van der Waals surface area contributed by atoms with Crippen LogP contribution in [0.25, 0.3) is 0 Å². The summed E-state index contributed by atoms with van der Waals surface area (Å²) in [6.07, 6.45) is 14.3. The number of carbonyl (C=O) groups excluding carboxylic acids is 2. The van der Waals surface area contributed by atoms with E-state index in [1.807, 2.05) is 6.08 Å². The molecule has 0 radical (unpaired) electrons. The number of Topliss-reactive ketones (excluding diaryl/α,β-unsaturated/α-hetero) is 1. The van der Waals surface area contributed by atoms with Crippen molar-refractivity contribution in [1.82, 2.24) is 0 Å². The van der Waals surface area contributed by atoms with Crippen molar-refractivity contribution in [2.24, 2.45) is 28.1 Å². The molecule has 2 heteroatoms. The highest BCUT2D eigenvalue weighted by Crippen LogP contribution is 2.74. The summed E-state index contributed by atoms with van der Waals surface area (Å²) in [5.41, 5.74) is 5.68. The third-order valence-corrected chi connectivity index (χ3v) is 8.66. The van der Waals surface area contributed by atoms with Crippen LogP contribution in [0.3, 0.4) is 0 Å². The zero-order valence-corrected chi connectivity index (χ0v) is 15.0. The molecule has 6 rings (SSSR count). The first kappa shape index (κ1) is 14.5. The minimum atomic E-state index is -0.190. The minimum Gasteiger partial charge on any atom is -0.299 e. The first-order valence-corrected chi connectivity index (χ1v) is 9.84. The molecule has 1 spiro atoms. The van der Waals surface area contributed by atoms with Gasteiger partial charge in [-0.1, -0.05) is 24.6 Å². The molecule has 0 aromatic heterocycles. The van der Waals surface area contributed by atoms with Crippen LogP contribution in [-0.2, 0) is 9.59 Å². The second-order valence-electron chi connectivity index (χ2n) is 9.59. The van der Waals surface area contributed by atoms with Crippen molar-refractivity contribution in [3.05, 3.63) is 46.6 Å². The summed E-state index contributed by atoms with van der Waals surface area (Å²) in [7, 11) is 0. The molecule has 0 aliphatic heterocycles. The Kier molecular flexibility index (Phi) is 2.31. The Hall–Kier alpha value is -1.70. The Morgan fingerprint density at radius 1 is 1.08 bits per heavy atom. The van der Waals surface area contributed by atoms with Crippen molar-refractivity contribution in [3.8, 4) is 0 Å². The molecule has 25 heavy (non-hydrogen) atoms. The Morgan fingerprint density at radius 3 is 2.76 bits per heavy atom. The Morgan fingerprint density at radius 2 is 1.92 bits per heavy atom. The fourth-order valence-electron chi connectivity index (χ4n) is 7.22. The number of rotatable bonds is 0. The van der Waals surface area contributed by atoms with Crippen molar-refractivity contribution in [2.75, 3.05) is 0 Å². The molecule has 0 saturated heterocycles. The lowest BCUT2D eigenvalue weighted by atomic mass is 9.53. The number of carbonyl (C=O) groups is 2. The van der Waals surface area contributed by atoms with Gasteiger partial charge in [0, 0.05) is 11.8 Å². The lowest BCUT2D eigenvalue weighted by Gasteiger charge is -2.49. The first-order valence-electron chi connectivity index (χ1n) is 9.84. The van der Waals surface area contributed by atoms with Gasteiger partial charge in [0.2, 0.25) is 0 Å². The fraction of sp³-hybridized carbons (Fsp3) is 0.565. The van der Waals surface area contributed by atoms with Crippen LogP contribution in [0, 0.1) is 28.1 Å². The van der Waals surface area contributed by atoms with Crippen molar-refractivity contribution in [3.63, 3.8) is 0 Å². The molecule has 128 valence electrons. The Bertz CT molecular complexity index is 897. The SMILES string of the molecule is CC12C=CC(=O)C=C1C1CC1C1=C2CCC23C(=O)CCC2(C)CC=C13. The molecule has 0 aromatic rings. The fourth-order valence-corrected chi connectivity index (χ4v) is 7.22.